The fourth-order valence-electron chi connectivity index (χ4n) is 5.42. The lowest BCUT2D eigenvalue weighted by molar-refractivity contribution is -0.119. The molecule has 0 saturated carbocycles. The molecule has 2 aliphatic rings. The van der Waals surface area contributed by atoms with Gasteiger partial charge < -0.3 is 4.90 Å². The van der Waals surface area contributed by atoms with E-state index in [0.29, 0.717) is 31.7 Å². The van der Waals surface area contributed by atoms with Crippen molar-refractivity contribution in [2.24, 2.45) is 0 Å². The van der Waals surface area contributed by atoms with Gasteiger partial charge in [-0.05, 0) is 45.1 Å². The Kier molecular flexibility index (Phi) is 8.38. The van der Waals surface area contributed by atoms with E-state index in [1.54, 1.807) is 12.1 Å². The SMILES string of the molecule is CCCN(CCC)CC(=O)N1c2cc(F)c(F)cc2-n2c(nn(CCN3CCN(C)CC3)c2=O)-c2cccnc21. The van der Waals surface area contributed by atoms with E-state index < -0.39 is 17.3 Å². The molecule has 4 heterocycles. The second-order valence-corrected chi connectivity index (χ2v) is 10.4. The highest BCUT2D eigenvalue weighted by Gasteiger charge is 2.34. The van der Waals surface area contributed by atoms with Gasteiger partial charge in [-0.3, -0.25) is 19.5 Å². The first-order valence-electron chi connectivity index (χ1n) is 13.9. The van der Waals surface area contributed by atoms with Gasteiger partial charge in [0.15, 0.2) is 23.3 Å². The van der Waals surface area contributed by atoms with Crippen LogP contribution in [0, 0.1) is 11.6 Å². The fraction of sp³-hybridized carbons (Fsp3) is 0.500. The first kappa shape index (κ1) is 28.1. The Labute approximate surface area is 232 Å². The summed E-state index contributed by atoms with van der Waals surface area (Å²) in [6.45, 7) is 10.2. The molecule has 0 unspecified atom stereocenters. The molecule has 1 fully saturated rings. The van der Waals surface area contributed by atoms with Crippen LogP contribution in [0.15, 0.2) is 35.3 Å². The largest absolute Gasteiger partial charge is 0.350 e. The summed E-state index contributed by atoms with van der Waals surface area (Å²) in [5, 5.41) is 4.64. The molecule has 0 bridgehead atoms. The van der Waals surface area contributed by atoms with Gasteiger partial charge in [-0.1, -0.05) is 13.8 Å². The smallest absolute Gasteiger partial charge is 0.304 e. The molecular weight excluding hydrogens is 518 g/mol. The molecule has 0 aliphatic carbocycles. The summed E-state index contributed by atoms with van der Waals surface area (Å²) < 4.78 is 32.1. The summed E-state index contributed by atoms with van der Waals surface area (Å²) in [5.41, 5.74) is 0.0461. The number of fused-ring (bicyclic) bond motifs is 5. The molecule has 40 heavy (non-hydrogen) atoms. The van der Waals surface area contributed by atoms with E-state index in [0.717, 1.165) is 51.2 Å². The highest BCUT2D eigenvalue weighted by molar-refractivity contribution is 6.06. The summed E-state index contributed by atoms with van der Waals surface area (Å²) >= 11 is 0. The summed E-state index contributed by atoms with van der Waals surface area (Å²) in [6, 6.07) is 5.34. The molecule has 1 aromatic carbocycles. The molecule has 0 radical (unpaired) electrons. The van der Waals surface area contributed by atoms with Crippen LogP contribution in [0.1, 0.15) is 26.7 Å². The minimum Gasteiger partial charge on any atom is -0.304 e. The van der Waals surface area contributed by atoms with E-state index in [1.807, 2.05) is 18.7 Å². The molecule has 10 nitrogen and oxygen atoms in total. The van der Waals surface area contributed by atoms with Gasteiger partial charge in [0.05, 0.1) is 30.0 Å². The number of halogens is 2. The number of nitrogens with zero attached hydrogens (tertiary/aromatic N) is 8. The van der Waals surface area contributed by atoms with Crippen molar-refractivity contribution in [3.05, 3.63) is 52.6 Å². The lowest BCUT2D eigenvalue weighted by atomic mass is 10.2. The maximum Gasteiger partial charge on any atom is 0.350 e. The van der Waals surface area contributed by atoms with Crippen molar-refractivity contribution < 1.29 is 13.6 Å². The highest BCUT2D eigenvalue weighted by atomic mass is 19.2. The van der Waals surface area contributed by atoms with Crippen LogP contribution in [0.4, 0.5) is 20.3 Å². The number of hydrogen-bond donors (Lipinski definition) is 0. The normalized spacial score (nSPS) is 15.6. The molecule has 12 heteroatoms. The molecule has 3 aromatic rings. The van der Waals surface area contributed by atoms with Crippen molar-refractivity contribution in [1.82, 2.24) is 34.0 Å². The van der Waals surface area contributed by atoms with Gasteiger partial charge in [0.2, 0.25) is 5.91 Å². The monoisotopic (exact) mass is 554 g/mol. The number of likely N-dealkylation sites (N-methyl/N-ethyl adjacent to an activating group) is 1. The summed E-state index contributed by atoms with van der Waals surface area (Å²) in [4.78, 5) is 40.0. The number of rotatable bonds is 9. The second-order valence-electron chi connectivity index (χ2n) is 10.4. The van der Waals surface area contributed by atoms with E-state index in [-0.39, 0.29) is 35.5 Å². The Morgan fingerprint density at radius 1 is 1.00 bits per heavy atom. The zero-order valence-electron chi connectivity index (χ0n) is 23.3. The van der Waals surface area contributed by atoms with Crippen LogP contribution in [0.2, 0.25) is 0 Å². The van der Waals surface area contributed by atoms with Crippen LogP contribution in [0.25, 0.3) is 17.1 Å². The average molecular weight is 555 g/mol. The van der Waals surface area contributed by atoms with Crippen LogP contribution in [-0.4, -0.2) is 99.3 Å². The zero-order valence-corrected chi connectivity index (χ0v) is 23.3. The Bertz CT molecular complexity index is 1420. The molecule has 5 rings (SSSR count). The van der Waals surface area contributed by atoms with Crippen LogP contribution >= 0.6 is 0 Å². The van der Waals surface area contributed by atoms with Gasteiger partial charge in [0.1, 0.15) is 0 Å². The van der Waals surface area contributed by atoms with E-state index >= 15 is 0 Å². The Morgan fingerprint density at radius 3 is 2.35 bits per heavy atom. The third-order valence-corrected chi connectivity index (χ3v) is 7.49. The number of hydrogen-bond acceptors (Lipinski definition) is 7. The van der Waals surface area contributed by atoms with Gasteiger partial charge in [0.25, 0.3) is 0 Å². The number of aromatic nitrogens is 4. The van der Waals surface area contributed by atoms with Crippen molar-refractivity contribution in [2.45, 2.75) is 33.2 Å². The van der Waals surface area contributed by atoms with E-state index in [9.17, 15) is 18.4 Å². The standard InChI is InChI=1S/C28H36F2N8O2/c1-4-9-35(10-5-2)19-25(39)37-23-17-21(29)22(30)18-24(23)38-27(20-7-6-8-31-26(20)37)32-36(28(38)40)16-15-34-13-11-33(3)12-14-34/h6-8,17-18H,4-5,9-16,19H2,1-3H3. The van der Waals surface area contributed by atoms with E-state index in [4.69, 9.17) is 0 Å². The third-order valence-electron chi connectivity index (χ3n) is 7.49. The minimum atomic E-state index is -1.12. The van der Waals surface area contributed by atoms with E-state index in [2.05, 4.69) is 26.9 Å². The van der Waals surface area contributed by atoms with Crippen LogP contribution < -0.4 is 10.6 Å². The van der Waals surface area contributed by atoms with Crippen LogP contribution in [0.5, 0.6) is 0 Å². The number of carbonyl (C=O) groups is 1. The Hall–Kier alpha value is -3.48. The fourth-order valence-corrected chi connectivity index (χ4v) is 5.42. The molecule has 1 amide bonds. The topological polar surface area (TPSA) is 82.7 Å². The Morgan fingerprint density at radius 2 is 1.68 bits per heavy atom. The van der Waals surface area contributed by atoms with E-state index in [1.165, 1.54) is 20.3 Å². The van der Waals surface area contributed by atoms with Gasteiger partial charge in [-0.15, -0.1) is 5.10 Å². The second kappa shape index (κ2) is 11.9. The first-order valence-corrected chi connectivity index (χ1v) is 13.9. The lowest BCUT2D eigenvalue weighted by Crippen LogP contribution is -2.45. The third kappa shape index (κ3) is 5.43. The van der Waals surface area contributed by atoms with Gasteiger partial charge >= 0.3 is 5.69 Å². The number of anilines is 2. The summed E-state index contributed by atoms with van der Waals surface area (Å²) in [7, 11) is 2.08. The van der Waals surface area contributed by atoms with Crippen molar-refractivity contribution in [3.8, 4) is 17.1 Å². The number of amides is 1. The maximum absolute atomic E-state index is 14.7. The molecule has 0 atom stereocenters. The number of pyridine rings is 1. The summed E-state index contributed by atoms with van der Waals surface area (Å²) in [6.07, 6.45) is 3.26. The van der Waals surface area contributed by atoms with Crippen LogP contribution in [0.3, 0.4) is 0 Å². The number of piperazine rings is 1. The molecule has 2 aliphatic heterocycles. The molecule has 0 spiro atoms. The molecule has 214 valence electrons. The van der Waals surface area contributed by atoms with Crippen molar-refractivity contribution in [3.63, 3.8) is 0 Å². The molecule has 0 N–H and O–H groups in total. The quantitative estimate of drug-likeness (QED) is 0.402. The lowest BCUT2D eigenvalue weighted by Gasteiger charge is -2.32. The number of carbonyl (C=O) groups excluding carboxylic acids is 1. The van der Waals surface area contributed by atoms with Crippen molar-refractivity contribution in [2.75, 3.05) is 64.3 Å². The van der Waals surface area contributed by atoms with Gasteiger partial charge in [-0.2, -0.15) is 0 Å². The van der Waals surface area contributed by atoms with Crippen molar-refractivity contribution >= 4 is 17.4 Å². The molecular formula is C28H36F2N8O2. The highest BCUT2D eigenvalue weighted by Crippen LogP contribution is 2.41. The summed E-state index contributed by atoms with van der Waals surface area (Å²) in [5.74, 6) is -2.13. The minimum absolute atomic E-state index is 0.0497. The predicted octanol–water partition coefficient (Wildman–Crippen LogP) is 2.72. The molecule has 2 aromatic heterocycles. The van der Waals surface area contributed by atoms with Gasteiger partial charge in [0, 0.05) is 51.1 Å². The molecule has 1 saturated heterocycles. The first-order chi connectivity index (χ1) is 19.3. The van der Waals surface area contributed by atoms with Crippen LogP contribution in [-0.2, 0) is 11.3 Å². The average Bonchev–Trinajstić information content (AvgIpc) is 3.20. The maximum atomic E-state index is 14.7. The number of benzene rings is 1. The van der Waals surface area contributed by atoms with Crippen molar-refractivity contribution in [1.29, 1.82) is 0 Å². The predicted molar refractivity (Wildman–Crippen MR) is 149 cm³/mol. The Balaban J connectivity index is 1.60. The zero-order chi connectivity index (χ0) is 28.4. The van der Waals surface area contributed by atoms with Gasteiger partial charge in [-0.25, -0.2) is 27.8 Å².